The van der Waals surface area contributed by atoms with Gasteiger partial charge in [-0.3, -0.25) is 0 Å². The molecule has 4 aromatic rings. The summed E-state index contributed by atoms with van der Waals surface area (Å²) in [5.41, 5.74) is 10.2. The Morgan fingerprint density at radius 3 is 2.13 bits per heavy atom. The summed E-state index contributed by atoms with van der Waals surface area (Å²) in [6.45, 7) is 13.0. The number of allylic oxidation sites excluding steroid dienone is 8. The van der Waals surface area contributed by atoms with Crippen LogP contribution in [-0.4, -0.2) is 48.8 Å². The third kappa shape index (κ3) is 6.02. The highest BCUT2D eigenvalue weighted by Crippen LogP contribution is 2.51. The summed E-state index contributed by atoms with van der Waals surface area (Å²) in [7, 11) is 0. The SMILES string of the molecule is CC1(C)C(=CC=C2CCCC(C=CC3=[N+](CC4CCCO4)c4ccc5ccccc5c4C3(C)C)=C2Cl)N(CC2CCCO2)c2ccc3ccccc3c21. The van der Waals surface area contributed by atoms with E-state index < -0.39 is 0 Å². The van der Waals surface area contributed by atoms with Gasteiger partial charge in [-0.25, -0.2) is 0 Å². The van der Waals surface area contributed by atoms with Crippen molar-refractivity contribution in [2.75, 3.05) is 31.2 Å². The van der Waals surface area contributed by atoms with Gasteiger partial charge < -0.3 is 14.4 Å². The summed E-state index contributed by atoms with van der Waals surface area (Å²) in [6.07, 6.45) is 17.4. The standard InChI is InChI=1S/C48H52ClN2O2/c1-47(2)42(50(30-36-16-10-28-52-36)40-24-20-32-12-5-7-18-38(32)44(40)47)26-22-34-14-9-15-35(46(34)49)23-27-43-48(3,4)45-39-19-8-6-13-33(39)21-25-41(45)51(43)31-37-17-11-29-53-37/h5-8,12-13,18-27,36-37H,9-11,14-17,28-31H2,1-4H3/q+1. The largest absolute Gasteiger partial charge is 0.376 e. The van der Waals surface area contributed by atoms with Crippen molar-refractivity contribution in [3.05, 3.63) is 130 Å². The molecule has 0 N–H and O–H groups in total. The second-order valence-electron chi connectivity index (χ2n) is 16.8. The maximum absolute atomic E-state index is 7.40. The Balaban J connectivity index is 1.09. The van der Waals surface area contributed by atoms with Crippen molar-refractivity contribution in [3.8, 4) is 0 Å². The lowest BCUT2D eigenvalue weighted by molar-refractivity contribution is -0.449. The van der Waals surface area contributed by atoms with Gasteiger partial charge in [0, 0.05) is 59.3 Å². The topological polar surface area (TPSA) is 24.7 Å². The van der Waals surface area contributed by atoms with E-state index in [1.165, 1.54) is 66.6 Å². The maximum atomic E-state index is 7.40. The Bertz CT molecular complexity index is 2260. The number of anilines is 1. The zero-order valence-electron chi connectivity index (χ0n) is 31.8. The number of hydrogen-bond donors (Lipinski definition) is 0. The molecule has 0 amide bonds. The number of rotatable bonds is 7. The normalized spacial score (nSPS) is 25.3. The Labute approximate surface area is 320 Å². The molecular weight excluding hydrogens is 672 g/mol. The van der Waals surface area contributed by atoms with Crippen LogP contribution in [0.25, 0.3) is 21.5 Å². The summed E-state index contributed by atoms with van der Waals surface area (Å²) < 4.78 is 14.9. The molecule has 4 aromatic carbocycles. The molecule has 272 valence electrons. The van der Waals surface area contributed by atoms with E-state index in [1.807, 2.05) is 0 Å². The van der Waals surface area contributed by atoms with E-state index in [0.29, 0.717) is 0 Å². The lowest BCUT2D eigenvalue weighted by atomic mass is 9.78. The molecule has 9 rings (SSSR count). The Hall–Kier alpha value is -3.96. The lowest BCUT2D eigenvalue weighted by Crippen LogP contribution is -2.32. The van der Waals surface area contributed by atoms with Gasteiger partial charge in [-0.1, -0.05) is 92.2 Å². The molecule has 1 aliphatic carbocycles. The maximum Gasteiger partial charge on any atom is 0.210 e. The fourth-order valence-electron chi connectivity index (χ4n) is 10.0. The number of ether oxygens (including phenoxy) is 2. The second-order valence-corrected chi connectivity index (χ2v) is 17.1. The van der Waals surface area contributed by atoms with Gasteiger partial charge in [0.15, 0.2) is 12.3 Å². The van der Waals surface area contributed by atoms with Crippen LogP contribution in [0.4, 0.5) is 11.4 Å². The van der Waals surface area contributed by atoms with Gasteiger partial charge in [0.1, 0.15) is 6.10 Å². The van der Waals surface area contributed by atoms with Crippen molar-refractivity contribution in [2.45, 2.75) is 95.7 Å². The van der Waals surface area contributed by atoms with Crippen LogP contribution < -0.4 is 4.90 Å². The zero-order chi connectivity index (χ0) is 36.3. The smallest absolute Gasteiger partial charge is 0.210 e. The van der Waals surface area contributed by atoms with Gasteiger partial charge in [-0.15, -0.1) is 0 Å². The van der Waals surface area contributed by atoms with E-state index in [1.54, 1.807) is 0 Å². The number of fused-ring (bicyclic) bond motifs is 6. The van der Waals surface area contributed by atoms with Crippen molar-refractivity contribution >= 4 is 50.2 Å². The molecule has 5 heteroatoms. The summed E-state index contributed by atoms with van der Waals surface area (Å²) in [6, 6.07) is 26.9. The third-order valence-electron chi connectivity index (χ3n) is 12.7. The molecule has 0 radical (unpaired) electrons. The molecule has 4 aliphatic heterocycles. The van der Waals surface area contributed by atoms with Gasteiger partial charge >= 0.3 is 0 Å². The fourth-order valence-corrected chi connectivity index (χ4v) is 10.3. The molecule has 53 heavy (non-hydrogen) atoms. The highest BCUT2D eigenvalue weighted by molar-refractivity contribution is 6.32. The predicted octanol–water partition coefficient (Wildman–Crippen LogP) is 11.6. The van der Waals surface area contributed by atoms with Crippen LogP contribution in [0, 0.1) is 0 Å². The van der Waals surface area contributed by atoms with Crippen molar-refractivity contribution in [3.63, 3.8) is 0 Å². The molecule has 5 aliphatic rings. The number of benzene rings is 4. The first-order valence-corrected chi connectivity index (χ1v) is 20.3. The van der Waals surface area contributed by atoms with Crippen LogP contribution in [0.15, 0.2) is 119 Å². The van der Waals surface area contributed by atoms with Crippen LogP contribution in [0.3, 0.4) is 0 Å². The minimum atomic E-state index is -0.171. The molecule has 2 fully saturated rings. The van der Waals surface area contributed by atoms with Crippen molar-refractivity contribution in [2.24, 2.45) is 0 Å². The molecule has 2 unspecified atom stereocenters. The first kappa shape index (κ1) is 34.8. The molecule has 0 spiro atoms. The van der Waals surface area contributed by atoms with Crippen LogP contribution in [0.1, 0.15) is 83.8 Å². The van der Waals surface area contributed by atoms with Gasteiger partial charge in [0.2, 0.25) is 5.69 Å². The minimum absolute atomic E-state index is 0.171. The van der Waals surface area contributed by atoms with Crippen LogP contribution >= 0.6 is 11.6 Å². The van der Waals surface area contributed by atoms with Crippen LogP contribution in [-0.2, 0) is 20.3 Å². The van der Waals surface area contributed by atoms with Gasteiger partial charge in [0.05, 0.1) is 11.5 Å². The highest BCUT2D eigenvalue weighted by Gasteiger charge is 2.47. The molecule has 0 bridgehead atoms. The van der Waals surface area contributed by atoms with E-state index in [-0.39, 0.29) is 23.0 Å². The Kier molecular flexibility index (Phi) is 9.00. The van der Waals surface area contributed by atoms with Gasteiger partial charge in [-0.05, 0) is 115 Å². The average Bonchev–Trinajstić information content (AvgIpc) is 3.95. The van der Waals surface area contributed by atoms with E-state index in [0.717, 1.165) is 76.3 Å². The molecule has 2 atom stereocenters. The average molecular weight is 724 g/mol. The highest BCUT2D eigenvalue weighted by atomic mass is 35.5. The van der Waals surface area contributed by atoms with Crippen molar-refractivity contribution in [1.82, 2.24) is 0 Å². The van der Waals surface area contributed by atoms with E-state index in [2.05, 4.69) is 134 Å². The summed E-state index contributed by atoms with van der Waals surface area (Å²) >= 11 is 7.40. The van der Waals surface area contributed by atoms with Gasteiger partial charge in [0.25, 0.3) is 0 Å². The zero-order valence-corrected chi connectivity index (χ0v) is 32.5. The monoisotopic (exact) mass is 723 g/mol. The fraction of sp³-hybridized carbons (Fsp3) is 0.396. The van der Waals surface area contributed by atoms with Crippen molar-refractivity contribution in [1.29, 1.82) is 0 Å². The molecule has 0 saturated carbocycles. The minimum Gasteiger partial charge on any atom is -0.376 e. The molecule has 4 nitrogen and oxygen atoms in total. The Morgan fingerprint density at radius 1 is 0.736 bits per heavy atom. The quantitative estimate of drug-likeness (QED) is 0.177. The predicted molar refractivity (Wildman–Crippen MR) is 221 cm³/mol. The van der Waals surface area contributed by atoms with Gasteiger partial charge in [-0.2, -0.15) is 4.58 Å². The van der Waals surface area contributed by atoms with Crippen LogP contribution in [0.2, 0.25) is 0 Å². The number of nitrogens with zero attached hydrogens (tertiary/aromatic N) is 2. The van der Waals surface area contributed by atoms with Crippen molar-refractivity contribution < 1.29 is 14.0 Å². The molecular formula is C48H52ClN2O2+. The van der Waals surface area contributed by atoms with Crippen LogP contribution in [0.5, 0.6) is 0 Å². The second kappa shape index (κ2) is 13.7. The molecule has 4 heterocycles. The molecule has 0 aromatic heterocycles. The van der Waals surface area contributed by atoms with E-state index in [4.69, 9.17) is 21.1 Å². The van der Waals surface area contributed by atoms with E-state index >= 15 is 0 Å². The summed E-state index contributed by atoms with van der Waals surface area (Å²) in [4.78, 5) is 2.54. The number of hydrogen-bond acceptors (Lipinski definition) is 3. The summed E-state index contributed by atoms with van der Waals surface area (Å²) in [5.74, 6) is 0. The third-order valence-corrected chi connectivity index (χ3v) is 13.2. The number of halogens is 1. The summed E-state index contributed by atoms with van der Waals surface area (Å²) in [5, 5.41) is 6.16. The Morgan fingerprint density at radius 2 is 1.42 bits per heavy atom. The lowest BCUT2D eigenvalue weighted by Gasteiger charge is -2.29. The first-order chi connectivity index (χ1) is 25.7. The molecule has 2 saturated heterocycles. The first-order valence-electron chi connectivity index (χ1n) is 19.9. The van der Waals surface area contributed by atoms with E-state index in [9.17, 15) is 0 Å².